The largest absolute Gasteiger partial charge is 0.507 e. The minimum atomic E-state index is 0.104. The maximum absolute atomic E-state index is 11.2. The van der Waals surface area contributed by atoms with Crippen LogP contribution in [0.2, 0.25) is 0 Å². The van der Waals surface area contributed by atoms with Gasteiger partial charge in [-0.15, -0.1) is 0 Å². The molecule has 0 aromatic heterocycles. The molecule has 3 nitrogen and oxygen atoms in total. The smallest absolute Gasteiger partial charge is 0.219 e. The number of hydrogen-bond acceptors (Lipinski definition) is 2. The molecule has 0 fully saturated rings. The van der Waals surface area contributed by atoms with Gasteiger partial charge in [-0.3, -0.25) is 4.79 Å². The molecule has 0 spiro atoms. The molecule has 0 saturated heterocycles. The molecule has 1 aromatic carbocycles. The molecule has 4 heteroatoms. The van der Waals surface area contributed by atoms with Crippen LogP contribution in [-0.4, -0.2) is 17.6 Å². The normalized spacial score (nSPS) is 17.6. The van der Waals surface area contributed by atoms with Crippen LogP contribution in [0, 0.1) is 0 Å². The highest BCUT2D eigenvalue weighted by Gasteiger charge is 2.23. The van der Waals surface area contributed by atoms with E-state index in [0.29, 0.717) is 24.6 Å². The number of fused-ring (bicyclic) bond motifs is 1. The van der Waals surface area contributed by atoms with Crippen LogP contribution in [0.15, 0.2) is 16.6 Å². The maximum atomic E-state index is 11.2. The molecular weight excluding hydrogens is 294 g/mol. The highest BCUT2D eigenvalue weighted by molar-refractivity contribution is 9.10. The zero-order valence-corrected chi connectivity index (χ0v) is 12.1. The summed E-state index contributed by atoms with van der Waals surface area (Å²) < 4.78 is 0.765. The van der Waals surface area contributed by atoms with Crippen LogP contribution >= 0.6 is 15.9 Å². The van der Waals surface area contributed by atoms with Gasteiger partial charge in [0.25, 0.3) is 0 Å². The van der Waals surface area contributed by atoms with Crippen molar-refractivity contribution in [2.45, 2.75) is 38.5 Å². The molecule has 1 aliphatic rings. The number of carbonyl (C=O) groups is 1. The van der Waals surface area contributed by atoms with Crippen LogP contribution in [-0.2, 0) is 11.2 Å². The summed E-state index contributed by atoms with van der Waals surface area (Å²) in [5, 5.41) is 12.6. The maximum Gasteiger partial charge on any atom is 0.219 e. The minimum Gasteiger partial charge on any atom is -0.507 e. The van der Waals surface area contributed by atoms with E-state index in [1.165, 1.54) is 11.1 Å². The Kier molecular flexibility index (Phi) is 4.27. The Morgan fingerprint density at radius 3 is 3.06 bits per heavy atom. The van der Waals surface area contributed by atoms with Crippen molar-refractivity contribution in [2.75, 3.05) is 6.54 Å². The second kappa shape index (κ2) is 5.74. The lowest BCUT2D eigenvalue weighted by molar-refractivity contribution is -0.120. The number of halogens is 1. The van der Waals surface area contributed by atoms with E-state index in [-0.39, 0.29) is 5.91 Å². The van der Waals surface area contributed by atoms with Crippen molar-refractivity contribution in [3.05, 3.63) is 27.7 Å². The van der Waals surface area contributed by atoms with Gasteiger partial charge in [0.15, 0.2) is 0 Å². The SMILES string of the molecule is CCC(=O)NCCC1CCc2cc(Br)c(O)cc21. The zero-order valence-electron chi connectivity index (χ0n) is 10.5. The summed E-state index contributed by atoms with van der Waals surface area (Å²) in [6.45, 7) is 2.57. The predicted octanol–water partition coefficient (Wildman–Crippen LogP) is 3.10. The summed E-state index contributed by atoms with van der Waals surface area (Å²) >= 11 is 3.34. The van der Waals surface area contributed by atoms with Crippen molar-refractivity contribution in [1.29, 1.82) is 0 Å². The molecule has 0 aliphatic heterocycles. The summed E-state index contributed by atoms with van der Waals surface area (Å²) in [4.78, 5) is 11.2. The van der Waals surface area contributed by atoms with E-state index in [2.05, 4.69) is 21.2 Å². The molecule has 0 heterocycles. The fraction of sp³-hybridized carbons (Fsp3) is 0.500. The number of phenols is 1. The van der Waals surface area contributed by atoms with Crippen LogP contribution in [0.3, 0.4) is 0 Å². The topological polar surface area (TPSA) is 49.3 Å². The Morgan fingerprint density at radius 2 is 2.33 bits per heavy atom. The average Bonchev–Trinajstić information content (AvgIpc) is 2.72. The molecule has 1 amide bonds. The van der Waals surface area contributed by atoms with E-state index in [0.717, 1.165) is 23.7 Å². The van der Waals surface area contributed by atoms with Gasteiger partial charge in [0, 0.05) is 13.0 Å². The number of nitrogens with one attached hydrogen (secondary N) is 1. The third kappa shape index (κ3) is 2.86. The molecule has 0 saturated carbocycles. The molecule has 1 aromatic rings. The molecule has 2 rings (SSSR count). The molecule has 1 aliphatic carbocycles. The van der Waals surface area contributed by atoms with Gasteiger partial charge in [-0.05, 0) is 64.4 Å². The number of aromatic hydroxyl groups is 1. The first-order chi connectivity index (χ1) is 8.61. The van der Waals surface area contributed by atoms with Crippen LogP contribution in [0.5, 0.6) is 5.75 Å². The summed E-state index contributed by atoms with van der Waals surface area (Å²) in [7, 11) is 0. The third-order valence-corrected chi connectivity index (χ3v) is 4.18. The number of hydrogen-bond donors (Lipinski definition) is 2. The lowest BCUT2D eigenvalue weighted by Crippen LogP contribution is -2.24. The van der Waals surface area contributed by atoms with E-state index < -0.39 is 0 Å². The fourth-order valence-corrected chi connectivity index (χ4v) is 2.90. The van der Waals surface area contributed by atoms with Crippen LogP contribution < -0.4 is 5.32 Å². The molecule has 1 atom stereocenters. The van der Waals surface area contributed by atoms with Crippen molar-refractivity contribution in [3.8, 4) is 5.75 Å². The standard InChI is InChI=1S/C14H18BrNO2/c1-2-14(18)16-6-5-9-3-4-10-7-12(15)13(17)8-11(9)10/h7-9,17H,2-6H2,1H3,(H,16,18). The molecule has 18 heavy (non-hydrogen) atoms. The van der Waals surface area contributed by atoms with Crippen LogP contribution in [0.4, 0.5) is 0 Å². The highest BCUT2D eigenvalue weighted by Crippen LogP contribution is 2.40. The van der Waals surface area contributed by atoms with Crippen molar-refractivity contribution >= 4 is 21.8 Å². The second-order valence-corrected chi connectivity index (χ2v) is 5.58. The monoisotopic (exact) mass is 311 g/mol. The van der Waals surface area contributed by atoms with Crippen molar-refractivity contribution in [2.24, 2.45) is 0 Å². The number of aryl methyl sites for hydroxylation is 1. The number of phenolic OH excluding ortho intramolecular Hbond substituents is 1. The molecular formula is C14H18BrNO2. The van der Waals surface area contributed by atoms with Crippen LogP contribution in [0.25, 0.3) is 0 Å². The average molecular weight is 312 g/mol. The van der Waals surface area contributed by atoms with Gasteiger partial charge in [0.05, 0.1) is 4.47 Å². The van der Waals surface area contributed by atoms with Crippen molar-refractivity contribution < 1.29 is 9.90 Å². The van der Waals surface area contributed by atoms with Gasteiger partial charge >= 0.3 is 0 Å². The molecule has 98 valence electrons. The molecule has 0 radical (unpaired) electrons. The Labute approximate surface area is 116 Å². The quantitative estimate of drug-likeness (QED) is 0.897. The van der Waals surface area contributed by atoms with E-state index in [4.69, 9.17) is 0 Å². The lowest BCUT2D eigenvalue weighted by Gasteiger charge is -2.12. The second-order valence-electron chi connectivity index (χ2n) is 4.73. The van der Waals surface area contributed by atoms with E-state index in [1.807, 2.05) is 19.1 Å². The summed E-state index contributed by atoms with van der Waals surface area (Å²) in [6.07, 6.45) is 3.64. The Bertz CT molecular complexity index is 459. The molecule has 2 N–H and O–H groups in total. The Hall–Kier alpha value is -1.03. The predicted molar refractivity (Wildman–Crippen MR) is 74.8 cm³/mol. The van der Waals surface area contributed by atoms with E-state index in [1.54, 1.807) is 0 Å². The summed E-state index contributed by atoms with van der Waals surface area (Å²) in [6, 6.07) is 3.87. The molecule has 0 bridgehead atoms. The molecule has 1 unspecified atom stereocenters. The first kappa shape index (κ1) is 13.4. The first-order valence-corrected chi connectivity index (χ1v) is 7.19. The van der Waals surface area contributed by atoms with Gasteiger partial charge in [-0.1, -0.05) is 6.92 Å². The number of rotatable bonds is 4. The first-order valence-electron chi connectivity index (χ1n) is 6.39. The van der Waals surface area contributed by atoms with Gasteiger partial charge in [0.1, 0.15) is 5.75 Å². The zero-order chi connectivity index (χ0) is 13.1. The van der Waals surface area contributed by atoms with Crippen LogP contribution in [0.1, 0.15) is 43.2 Å². The Morgan fingerprint density at radius 1 is 1.56 bits per heavy atom. The Balaban J connectivity index is 1.99. The van der Waals surface area contributed by atoms with E-state index >= 15 is 0 Å². The summed E-state index contributed by atoms with van der Waals surface area (Å²) in [5.74, 6) is 0.862. The van der Waals surface area contributed by atoms with Gasteiger partial charge < -0.3 is 10.4 Å². The van der Waals surface area contributed by atoms with Crippen molar-refractivity contribution in [1.82, 2.24) is 5.32 Å². The lowest BCUT2D eigenvalue weighted by atomic mass is 9.97. The van der Waals surface area contributed by atoms with Crippen molar-refractivity contribution in [3.63, 3.8) is 0 Å². The fourth-order valence-electron chi connectivity index (χ4n) is 2.51. The third-order valence-electron chi connectivity index (χ3n) is 3.55. The van der Waals surface area contributed by atoms with E-state index in [9.17, 15) is 9.90 Å². The van der Waals surface area contributed by atoms with Gasteiger partial charge in [0.2, 0.25) is 5.91 Å². The van der Waals surface area contributed by atoms with Gasteiger partial charge in [-0.25, -0.2) is 0 Å². The summed E-state index contributed by atoms with van der Waals surface area (Å²) in [5.41, 5.74) is 2.55. The highest BCUT2D eigenvalue weighted by atomic mass is 79.9. The van der Waals surface area contributed by atoms with Gasteiger partial charge in [-0.2, -0.15) is 0 Å². The minimum absolute atomic E-state index is 0.104. The number of benzene rings is 1. The number of amides is 1. The number of carbonyl (C=O) groups excluding carboxylic acids is 1.